The minimum atomic E-state index is -4.60. The summed E-state index contributed by atoms with van der Waals surface area (Å²) >= 11 is 2.12. The molecule has 168 valence electrons. The van der Waals surface area contributed by atoms with Crippen LogP contribution in [0.25, 0.3) is 0 Å². The van der Waals surface area contributed by atoms with E-state index in [4.69, 9.17) is 0 Å². The monoisotopic (exact) mass is 562 g/mol. The normalized spacial score (nSPS) is 10.7. The second kappa shape index (κ2) is 10.5. The minimum absolute atomic E-state index is 0.0716. The Kier molecular flexibility index (Phi) is 7.76. The van der Waals surface area contributed by atoms with Gasteiger partial charge in [0, 0.05) is 27.8 Å². The number of halogens is 4. The average molecular weight is 562 g/mol. The first-order chi connectivity index (χ1) is 15.7. The number of carbonyl (C=O) groups is 2. The maximum Gasteiger partial charge on any atom is 0.416 e. The Morgan fingerprint density at radius 3 is 2.33 bits per heavy atom. The molecule has 3 aromatic carbocycles. The van der Waals surface area contributed by atoms with Crippen LogP contribution in [0.5, 0.6) is 0 Å². The standard InChI is InChI=1S/C25H18F3IN2O2/c1-30(21-8-3-2-4-9-21)24(33)14-11-18-15-20(25(26,27)28)12-13-23(18)31(17-32)16-19-7-5-6-10-22(19)29/h2-10,12-13,15,17H,16H2,1H3. The third-order valence-electron chi connectivity index (χ3n) is 4.81. The summed E-state index contributed by atoms with van der Waals surface area (Å²) in [7, 11) is 1.52. The molecule has 8 heteroatoms. The fourth-order valence-electron chi connectivity index (χ4n) is 3.03. The van der Waals surface area contributed by atoms with E-state index in [0.717, 1.165) is 21.3 Å². The molecule has 0 spiro atoms. The van der Waals surface area contributed by atoms with Crippen molar-refractivity contribution in [3.63, 3.8) is 0 Å². The minimum Gasteiger partial charge on any atom is -0.309 e. The Morgan fingerprint density at radius 2 is 1.70 bits per heavy atom. The summed E-state index contributed by atoms with van der Waals surface area (Å²) in [5, 5.41) is 0. The second-order valence-corrected chi connectivity index (χ2v) is 8.17. The van der Waals surface area contributed by atoms with Crippen molar-refractivity contribution in [2.75, 3.05) is 16.8 Å². The number of amides is 2. The summed E-state index contributed by atoms with van der Waals surface area (Å²) in [6.45, 7) is 0.139. The number of nitrogens with zero attached hydrogens (tertiary/aromatic N) is 2. The van der Waals surface area contributed by atoms with Gasteiger partial charge in [-0.1, -0.05) is 42.3 Å². The van der Waals surface area contributed by atoms with Gasteiger partial charge < -0.3 is 9.80 Å². The Balaban J connectivity index is 2.00. The van der Waals surface area contributed by atoms with Crippen molar-refractivity contribution >= 4 is 46.3 Å². The van der Waals surface area contributed by atoms with Crippen molar-refractivity contribution in [3.8, 4) is 11.8 Å². The van der Waals surface area contributed by atoms with Crippen LogP contribution < -0.4 is 9.80 Å². The Labute approximate surface area is 203 Å². The van der Waals surface area contributed by atoms with E-state index in [1.165, 1.54) is 22.9 Å². The molecule has 0 fully saturated rings. The first-order valence-corrected chi connectivity index (χ1v) is 10.8. The molecule has 0 N–H and O–H groups in total. The Bertz CT molecular complexity index is 1220. The van der Waals surface area contributed by atoms with Gasteiger partial charge in [0.15, 0.2) is 0 Å². The summed E-state index contributed by atoms with van der Waals surface area (Å²) in [5.74, 6) is 4.35. The first-order valence-electron chi connectivity index (χ1n) is 9.72. The van der Waals surface area contributed by atoms with Gasteiger partial charge in [0.25, 0.3) is 0 Å². The molecule has 4 nitrogen and oxygen atoms in total. The van der Waals surface area contributed by atoms with Gasteiger partial charge >= 0.3 is 12.1 Å². The Morgan fingerprint density at radius 1 is 1.03 bits per heavy atom. The van der Waals surface area contributed by atoms with Crippen LogP contribution in [0.3, 0.4) is 0 Å². The molecule has 0 aliphatic rings. The molecule has 2 amide bonds. The molecule has 3 aromatic rings. The number of benzene rings is 3. The van der Waals surface area contributed by atoms with E-state index in [2.05, 4.69) is 34.4 Å². The van der Waals surface area contributed by atoms with Crippen molar-refractivity contribution in [1.82, 2.24) is 0 Å². The molecule has 0 aliphatic carbocycles. The lowest BCUT2D eigenvalue weighted by Gasteiger charge is -2.21. The maximum absolute atomic E-state index is 13.3. The van der Waals surface area contributed by atoms with Crippen molar-refractivity contribution in [3.05, 3.63) is 93.1 Å². The van der Waals surface area contributed by atoms with Crippen LogP contribution in [0.15, 0.2) is 72.8 Å². The molecule has 33 heavy (non-hydrogen) atoms. The molecule has 0 atom stereocenters. The summed E-state index contributed by atoms with van der Waals surface area (Å²) in [6.07, 6.45) is -4.06. The molecule has 0 heterocycles. The topological polar surface area (TPSA) is 40.6 Å². The van der Waals surface area contributed by atoms with E-state index in [1.807, 2.05) is 24.3 Å². The van der Waals surface area contributed by atoms with E-state index >= 15 is 0 Å². The molecule has 0 unspecified atom stereocenters. The fraction of sp³-hybridized carbons (Fsp3) is 0.120. The lowest BCUT2D eigenvalue weighted by atomic mass is 10.1. The lowest BCUT2D eigenvalue weighted by molar-refractivity contribution is -0.137. The number of hydrogen-bond donors (Lipinski definition) is 0. The van der Waals surface area contributed by atoms with Crippen molar-refractivity contribution in [2.45, 2.75) is 12.7 Å². The van der Waals surface area contributed by atoms with Gasteiger partial charge in [-0.15, -0.1) is 0 Å². The highest BCUT2D eigenvalue weighted by Gasteiger charge is 2.31. The van der Waals surface area contributed by atoms with Crippen LogP contribution in [0.4, 0.5) is 24.5 Å². The lowest BCUT2D eigenvalue weighted by Crippen LogP contribution is -2.24. The number of rotatable bonds is 5. The molecule has 0 bridgehead atoms. The molecule has 0 saturated heterocycles. The van der Waals surface area contributed by atoms with Crippen molar-refractivity contribution < 1.29 is 22.8 Å². The third-order valence-corrected chi connectivity index (χ3v) is 5.86. The van der Waals surface area contributed by atoms with Crippen LogP contribution in [0.1, 0.15) is 16.7 Å². The Hall–Kier alpha value is -3.32. The van der Waals surface area contributed by atoms with Crippen LogP contribution in [0.2, 0.25) is 0 Å². The zero-order chi connectivity index (χ0) is 24.0. The predicted molar refractivity (Wildman–Crippen MR) is 130 cm³/mol. The number of anilines is 2. The highest BCUT2D eigenvalue weighted by molar-refractivity contribution is 14.1. The van der Waals surface area contributed by atoms with Gasteiger partial charge in [0.1, 0.15) is 0 Å². The molecule has 0 aliphatic heterocycles. The van der Waals surface area contributed by atoms with Gasteiger partial charge in [0.2, 0.25) is 6.41 Å². The first kappa shape index (κ1) is 24.3. The highest BCUT2D eigenvalue weighted by atomic mass is 127. The molecule has 3 rings (SSSR count). The van der Waals surface area contributed by atoms with Crippen LogP contribution in [-0.4, -0.2) is 19.4 Å². The van der Waals surface area contributed by atoms with Gasteiger partial charge in [-0.25, -0.2) is 0 Å². The zero-order valence-corrected chi connectivity index (χ0v) is 19.6. The molecular formula is C25H18F3IN2O2. The summed E-state index contributed by atoms with van der Waals surface area (Å²) in [5.41, 5.74) is 0.607. The smallest absolute Gasteiger partial charge is 0.309 e. The largest absolute Gasteiger partial charge is 0.416 e. The maximum atomic E-state index is 13.3. The van der Waals surface area contributed by atoms with E-state index in [-0.39, 0.29) is 17.8 Å². The quantitative estimate of drug-likeness (QED) is 0.235. The highest BCUT2D eigenvalue weighted by Crippen LogP contribution is 2.33. The van der Waals surface area contributed by atoms with E-state index in [1.54, 1.807) is 30.3 Å². The number of carbonyl (C=O) groups excluding carboxylic acids is 2. The number of para-hydroxylation sites is 1. The van der Waals surface area contributed by atoms with Crippen molar-refractivity contribution in [1.29, 1.82) is 0 Å². The predicted octanol–water partition coefficient (Wildman–Crippen LogP) is 5.49. The second-order valence-electron chi connectivity index (χ2n) is 7.00. The molecule has 0 aromatic heterocycles. The molecular weight excluding hydrogens is 544 g/mol. The average Bonchev–Trinajstić information content (AvgIpc) is 2.81. The van der Waals surface area contributed by atoms with E-state index in [0.29, 0.717) is 12.1 Å². The third kappa shape index (κ3) is 6.14. The molecule has 0 saturated carbocycles. The number of hydrogen-bond acceptors (Lipinski definition) is 2. The van der Waals surface area contributed by atoms with E-state index in [9.17, 15) is 22.8 Å². The summed E-state index contributed by atoms with van der Waals surface area (Å²) in [4.78, 5) is 27.0. The summed E-state index contributed by atoms with van der Waals surface area (Å²) in [6, 6.07) is 19.0. The van der Waals surface area contributed by atoms with Gasteiger partial charge in [-0.3, -0.25) is 9.59 Å². The SMILES string of the molecule is CN(C(=O)C#Cc1cc(C(F)(F)F)ccc1N(C=O)Cc1ccccc1I)c1ccccc1. The molecule has 0 radical (unpaired) electrons. The van der Waals surface area contributed by atoms with Crippen LogP contribution in [-0.2, 0) is 22.3 Å². The fourth-order valence-corrected chi connectivity index (χ4v) is 3.58. The van der Waals surface area contributed by atoms with Gasteiger partial charge in [0.05, 0.1) is 17.8 Å². The zero-order valence-electron chi connectivity index (χ0n) is 17.4. The van der Waals surface area contributed by atoms with Gasteiger partial charge in [-0.2, -0.15) is 13.2 Å². The van der Waals surface area contributed by atoms with Crippen molar-refractivity contribution in [2.24, 2.45) is 0 Å². The van der Waals surface area contributed by atoms with Gasteiger partial charge in [-0.05, 0) is 64.6 Å². The number of alkyl halides is 3. The summed E-state index contributed by atoms with van der Waals surface area (Å²) < 4.78 is 40.9. The van der Waals surface area contributed by atoms with Crippen LogP contribution >= 0.6 is 22.6 Å². The van der Waals surface area contributed by atoms with Crippen LogP contribution in [0, 0.1) is 15.4 Å². The van der Waals surface area contributed by atoms with E-state index < -0.39 is 17.6 Å².